The Labute approximate surface area is 179 Å². The molecule has 0 radical (unpaired) electrons. The predicted molar refractivity (Wildman–Crippen MR) is 122 cm³/mol. The van der Waals surface area contributed by atoms with Gasteiger partial charge < -0.3 is 9.84 Å². The van der Waals surface area contributed by atoms with Crippen LogP contribution in [0.3, 0.4) is 0 Å². The molecule has 5 nitrogen and oxygen atoms in total. The first-order chi connectivity index (χ1) is 14.5. The van der Waals surface area contributed by atoms with Gasteiger partial charge in [0.15, 0.2) is 0 Å². The van der Waals surface area contributed by atoms with Crippen LogP contribution in [0.1, 0.15) is 37.8 Å². The van der Waals surface area contributed by atoms with Gasteiger partial charge in [-0.1, -0.05) is 56.3 Å². The molecule has 5 heteroatoms. The topological polar surface area (TPSA) is 50.5 Å². The minimum absolute atomic E-state index is 0.338. The number of aromatic nitrogens is 2. The van der Waals surface area contributed by atoms with Gasteiger partial charge in [0, 0.05) is 25.7 Å². The fraction of sp³-hybridized carbons (Fsp3) is 0.400. The van der Waals surface area contributed by atoms with Gasteiger partial charge in [-0.3, -0.25) is 4.90 Å². The Morgan fingerprint density at radius 2 is 1.87 bits per heavy atom. The van der Waals surface area contributed by atoms with Crippen molar-refractivity contribution in [3.05, 3.63) is 65.7 Å². The van der Waals surface area contributed by atoms with Crippen molar-refractivity contribution in [2.45, 2.75) is 46.3 Å². The van der Waals surface area contributed by atoms with Gasteiger partial charge in [-0.15, -0.1) is 0 Å². The molecule has 0 aliphatic rings. The molecule has 1 aromatic heterocycles. The molecule has 1 N–H and O–H groups in total. The standard InChI is InChI=1S/C25H33N3O2/c1-5-15-28(17-21(29)6-2)18-23-24(20-12-8-7-9-13-20)26-27(4)25(23)30-22-14-10-11-19(3)16-22/h7-14,16,21,29H,5-6,15,17-18H2,1-4H3/t21-/m1/s1. The Morgan fingerprint density at radius 1 is 1.10 bits per heavy atom. The molecule has 0 spiro atoms. The van der Waals surface area contributed by atoms with Gasteiger partial charge in [0.05, 0.1) is 11.7 Å². The van der Waals surface area contributed by atoms with Crippen LogP contribution in [-0.2, 0) is 13.6 Å². The van der Waals surface area contributed by atoms with E-state index in [-0.39, 0.29) is 6.10 Å². The number of hydrogen-bond donors (Lipinski definition) is 1. The van der Waals surface area contributed by atoms with Crippen molar-refractivity contribution in [2.75, 3.05) is 13.1 Å². The van der Waals surface area contributed by atoms with Crippen molar-refractivity contribution in [3.63, 3.8) is 0 Å². The largest absolute Gasteiger partial charge is 0.439 e. The summed E-state index contributed by atoms with van der Waals surface area (Å²) in [5, 5.41) is 15.1. The monoisotopic (exact) mass is 407 g/mol. The van der Waals surface area contributed by atoms with Crippen LogP contribution in [0, 0.1) is 6.92 Å². The van der Waals surface area contributed by atoms with Crippen LogP contribution in [0.5, 0.6) is 11.6 Å². The number of ether oxygens (including phenoxy) is 1. The van der Waals surface area contributed by atoms with Crippen molar-refractivity contribution < 1.29 is 9.84 Å². The van der Waals surface area contributed by atoms with Crippen molar-refractivity contribution in [3.8, 4) is 22.9 Å². The van der Waals surface area contributed by atoms with Crippen LogP contribution in [-0.4, -0.2) is 39.0 Å². The lowest BCUT2D eigenvalue weighted by molar-refractivity contribution is 0.105. The minimum Gasteiger partial charge on any atom is -0.439 e. The Bertz CT molecular complexity index is 937. The summed E-state index contributed by atoms with van der Waals surface area (Å²) >= 11 is 0. The number of hydrogen-bond acceptors (Lipinski definition) is 4. The number of benzene rings is 2. The van der Waals surface area contributed by atoms with Gasteiger partial charge in [-0.05, 0) is 44.0 Å². The second-order valence-corrected chi connectivity index (χ2v) is 7.84. The van der Waals surface area contributed by atoms with Crippen LogP contribution in [0.25, 0.3) is 11.3 Å². The zero-order valence-corrected chi connectivity index (χ0v) is 18.5. The summed E-state index contributed by atoms with van der Waals surface area (Å²) in [6.07, 6.45) is 1.42. The lowest BCUT2D eigenvalue weighted by Gasteiger charge is -2.24. The summed E-state index contributed by atoms with van der Waals surface area (Å²) in [6.45, 7) is 8.45. The fourth-order valence-electron chi connectivity index (χ4n) is 3.64. The zero-order chi connectivity index (χ0) is 21.5. The van der Waals surface area contributed by atoms with Crippen LogP contribution in [0.4, 0.5) is 0 Å². The molecule has 0 amide bonds. The van der Waals surface area contributed by atoms with Gasteiger partial charge in [0.25, 0.3) is 0 Å². The number of aryl methyl sites for hydroxylation is 2. The molecule has 3 aromatic rings. The summed E-state index contributed by atoms with van der Waals surface area (Å²) in [5.74, 6) is 1.54. The summed E-state index contributed by atoms with van der Waals surface area (Å²) in [5.41, 5.74) is 4.18. The average Bonchev–Trinajstić information content (AvgIpc) is 3.04. The highest BCUT2D eigenvalue weighted by Gasteiger charge is 2.23. The SMILES string of the molecule is CCCN(Cc1c(-c2ccccc2)nn(C)c1Oc1cccc(C)c1)C[C@H](O)CC. The molecule has 30 heavy (non-hydrogen) atoms. The Hall–Kier alpha value is -2.63. The van der Waals surface area contributed by atoms with Gasteiger partial charge >= 0.3 is 0 Å². The number of aliphatic hydroxyl groups excluding tert-OH is 1. The van der Waals surface area contributed by atoms with E-state index in [1.165, 1.54) is 0 Å². The molecular weight excluding hydrogens is 374 g/mol. The van der Waals surface area contributed by atoms with E-state index in [0.29, 0.717) is 13.1 Å². The van der Waals surface area contributed by atoms with E-state index >= 15 is 0 Å². The smallest absolute Gasteiger partial charge is 0.222 e. The van der Waals surface area contributed by atoms with Gasteiger partial charge in [-0.2, -0.15) is 5.10 Å². The Balaban J connectivity index is 2.02. The maximum Gasteiger partial charge on any atom is 0.222 e. The van der Waals surface area contributed by atoms with Crippen LogP contribution in [0.2, 0.25) is 0 Å². The summed E-state index contributed by atoms with van der Waals surface area (Å²) in [6, 6.07) is 18.3. The van der Waals surface area contributed by atoms with Gasteiger partial charge in [0.2, 0.25) is 5.88 Å². The predicted octanol–water partition coefficient (Wildman–Crippen LogP) is 5.17. The highest BCUT2D eigenvalue weighted by molar-refractivity contribution is 5.65. The molecule has 3 rings (SSSR count). The van der Waals surface area contributed by atoms with Crippen LogP contribution < -0.4 is 4.74 Å². The highest BCUT2D eigenvalue weighted by atomic mass is 16.5. The summed E-state index contributed by atoms with van der Waals surface area (Å²) in [4.78, 5) is 2.29. The third kappa shape index (κ3) is 5.49. The van der Waals surface area contributed by atoms with Crippen molar-refractivity contribution in [1.29, 1.82) is 0 Å². The lowest BCUT2D eigenvalue weighted by Crippen LogP contribution is -2.32. The first-order valence-corrected chi connectivity index (χ1v) is 10.8. The molecule has 0 aliphatic heterocycles. The average molecular weight is 408 g/mol. The van der Waals surface area contributed by atoms with Crippen LogP contribution >= 0.6 is 0 Å². The number of rotatable bonds is 10. The second-order valence-electron chi connectivity index (χ2n) is 7.84. The Kier molecular flexibility index (Phi) is 7.66. The third-order valence-electron chi connectivity index (χ3n) is 5.20. The van der Waals surface area contributed by atoms with Crippen molar-refractivity contribution in [2.24, 2.45) is 7.05 Å². The zero-order valence-electron chi connectivity index (χ0n) is 18.5. The lowest BCUT2D eigenvalue weighted by atomic mass is 10.1. The molecule has 0 fully saturated rings. The molecule has 1 heterocycles. The molecule has 160 valence electrons. The molecular formula is C25H33N3O2. The van der Waals surface area contributed by atoms with E-state index < -0.39 is 0 Å². The normalized spacial score (nSPS) is 12.3. The van der Waals surface area contributed by atoms with Crippen molar-refractivity contribution >= 4 is 0 Å². The number of nitrogens with zero attached hydrogens (tertiary/aromatic N) is 3. The molecule has 0 bridgehead atoms. The molecule has 0 unspecified atom stereocenters. The minimum atomic E-state index is -0.338. The first-order valence-electron chi connectivity index (χ1n) is 10.8. The fourth-order valence-corrected chi connectivity index (χ4v) is 3.64. The van der Waals surface area contributed by atoms with E-state index in [9.17, 15) is 5.11 Å². The quantitative estimate of drug-likeness (QED) is 0.504. The van der Waals surface area contributed by atoms with E-state index in [0.717, 1.165) is 53.4 Å². The van der Waals surface area contributed by atoms with Gasteiger partial charge in [-0.25, -0.2) is 4.68 Å². The first kappa shape index (κ1) is 22.1. The molecule has 2 aromatic carbocycles. The maximum absolute atomic E-state index is 10.3. The van der Waals surface area contributed by atoms with E-state index in [2.05, 4.69) is 36.9 Å². The third-order valence-corrected chi connectivity index (χ3v) is 5.20. The maximum atomic E-state index is 10.3. The van der Waals surface area contributed by atoms with E-state index in [1.807, 2.05) is 55.1 Å². The molecule has 0 aliphatic carbocycles. The van der Waals surface area contributed by atoms with Crippen molar-refractivity contribution in [1.82, 2.24) is 14.7 Å². The highest BCUT2D eigenvalue weighted by Crippen LogP contribution is 2.34. The van der Waals surface area contributed by atoms with Gasteiger partial charge in [0.1, 0.15) is 11.4 Å². The van der Waals surface area contributed by atoms with E-state index in [1.54, 1.807) is 0 Å². The molecule has 0 saturated carbocycles. The summed E-state index contributed by atoms with van der Waals surface area (Å²) in [7, 11) is 1.92. The molecule has 0 saturated heterocycles. The number of aliphatic hydroxyl groups is 1. The van der Waals surface area contributed by atoms with E-state index in [4.69, 9.17) is 9.84 Å². The summed E-state index contributed by atoms with van der Waals surface area (Å²) < 4.78 is 8.16. The second kappa shape index (κ2) is 10.4. The van der Waals surface area contributed by atoms with Crippen LogP contribution in [0.15, 0.2) is 54.6 Å². The Morgan fingerprint density at radius 3 is 2.53 bits per heavy atom. The molecule has 1 atom stereocenters.